The highest BCUT2D eigenvalue weighted by Crippen LogP contribution is 2.05. The summed E-state index contributed by atoms with van der Waals surface area (Å²) >= 11 is 0. The van der Waals surface area contributed by atoms with Crippen molar-refractivity contribution in [2.24, 2.45) is 5.10 Å². The Bertz CT molecular complexity index is 247. The molecule has 5 nitrogen and oxygen atoms in total. The summed E-state index contributed by atoms with van der Waals surface area (Å²) in [6, 6.07) is -0.492. The van der Waals surface area contributed by atoms with Crippen molar-refractivity contribution in [1.29, 1.82) is 0 Å². The van der Waals surface area contributed by atoms with Gasteiger partial charge in [0.15, 0.2) is 5.78 Å². The van der Waals surface area contributed by atoms with Gasteiger partial charge >= 0.3 is 5.97 Å². The number of Topliss-reactive ketones (excluding diaryl/α,β-unsaturated/α-hetero) is 1. The van der Waals surface area contributed by atoms with Crippen LogP contribution in [-0.2, 0) is 14.3 Å². The zero-order chi connectivity index (χ0) is 9.14. The lowest BCUT2D eigenvalue weighted by Crippen LogP contribution is -2.31. The van der Waals surface area contributed by atoms with Gasteiger partial charge in [0.25, 0.3) is 0 Å². The number of esters is 1. The highest BCUT2D eigenvalue weighted by molar-refractivity contribution is 6.39. The topological polar surface area (TPSA) is 67.8 Å². The van der Waals surface area contributed by atoms with Crippen LogP contribution in [0.2, 0.25) is 0 Å². The van der Waals surface area contributed by atoms with Gasteiger partial charge in [-0.05, 0) is 0 Å². The molecule has 12 heavy (non-hydrogen) atoms. The molecule has 0 aromatic rings. The fourth-order valence-corrected chi connectivity index (χ4v) is 0.941. The predicted molar refractivity (Wildman–Crippen MR) is 41.7 cm³/mol. The monoisotopic (exact) mass is 170 g/mol. The Morgan fingerprint density at radius 3 is 2.75 bits per heavy atom. The standard InChI is InChI=1S/C7H10N2O3/c1-4(10)5-3-6(9-8-5)7(11)12-2/h6,9H,3H2,1-2H3/t6-/m1/s1. The Hall–Kier alpha value is -1.39. The normalized spacial score (nSPS) is 21.2. The minimum atomic E-state index is -0.492. The van der Waals surface area contributed by atoms with Crippen molar-refractivity contribution in [2.45, 2.75) is 19.4 Å². The first-order valence-electron chi connectivity index (χ1n) is 3.56. The largest absolute Gasteiger partial charge is 0.467 e. The van der Waals surface area contributed by atoms with Crippen LogP contribution in [0.1, 0.15) is 13.3 Å². The second-order valence-corrected chi connectivity index (χ2v) is 2.52. The fourth-order valence-electron chi connectivity index (χ4n) is 0.941. The summed E-state index contributed by atoms with van der Waals surface area (Å²) in [5.41, 5.74) is 2.93. The van der Waals surface area contributed by atoms with Crippen LogP contribution in [0.15, 0.2) is 5.10 Å². The van der Waals surface area contributed by atoms with Crippen molar-refractivity contribution in [3.8, 4) is 0 Å². The molecule has 1 N–H and O–H groups in total. The van der Waals surface area contributed by atoms with Crippen LogP contribution in [0.5, 0.6) is 0 Å². The Kier molecular flexibility index (Phi) is 2.42. The van der Waals surface area contributed by atoms with Crippen molar-refractivity contribution >= 4 is 17.5 Å². The van der Waals surface area contributed by atoms with Gasteiger partial charge in [0, 0.05) is 13.3 Å². The number of ether oxygens (including phenoxy) is 1. The number of carbonyl (C=O) groups is 2. The number of ketones is 1. The molecule has 0 saturated heterocycles. The van der Waals surface area contributed by atoms with E-state index in [2.05, 4.69) is 15.3 Å². The molecule has 66 valence electrons. The first-order valence-corrected chi connectivity index (χ1v) is 3.56. The van der Waals surface area contributed by atoms with E-state index in [0.29, 0.717) is 12.1 Å². The summed E-state index contributed by atoms with van der Waals surface area (Å²) in [6.45, 7) is 1.42. The molecule has 1 rings (SSSR count). The van der Waals surface area contributed by atoms with Crippen LogP contribution in [0.25, 0.3) is 0 Å². The van der Waals surface area contributed by atoms with Crippen LogP contribution in [-0.4, -0.2) is 30.6 Å². The van der Waals surface area contributed by atoms with E-state index < -0.39 is 12.0 Å². The van der Waals surface area contributed by atoms with Gasteiger partial charge in [-0.1, -0.05) is 0 Å². The molecule has 0 aliphatic carbocycles. The van der Waals surface area contributed by atoms with Gasteiger partial charge in [-0.25, -0.2) is 4.79 Å². The van der Waals surface area contributed by atoms with E-state index >= 15 is 0 Å². The number of methoxy groups -OCH3 is 1. The average molecular weight is 170 g/mol. The van der Waals surface area contributed by atoms with E-state index in [0.717, 1.165) is 0 Å². The molecule has 0 spiro atoms. The summed E-state index contributed by atoms with van der Waals surface area (Å²) < 4.78 is 4.48. The van der Waals surface area contributed by atoms with E-state index in [1.807, 2.05) is 0 Å². The summed E-state index contributed by atoms with van der Waals surface area (Å²) in [5.74, 6) is -0.510. The molecule has 0 aromatic carbocycles. The highest BCUT2D eigenvalue weighted by Gasteiger charge is 2.27. The van der Waals surface area contributed by atoms with Gasteiger partial charge in [-0.2, -0.15) is 5.10 Å². The van der Waals surface area contributed by atoms with Gasteiger partial charge in [0.05, 0.1) is 7.11 Å². The Morgan fingerprint density at radius 1 is 1.67 bits per heavy atom. The molecule has 1 atom stereocenters. The summed E-state index contributed by atoms with van der Waals surface area (Å²) in [4.78, 5) is 21.7. The third-order valence-electron chi connectivity index (χ3n) is 1.64. The quantitative estimate of drug-likeness (QED) is 0.565. The Labute approximate surface area is 69.8 Å². The molecule has 0 fully saturated rings. The fraction of sp³-hybridized carbons (Fsp3) is 0.571. The first-order chi connectivity index (χ1) is 5.65. The molecule has 0 saturated carbocycles. The number of nitrogens with one attached hydrogen (secondary N) is 1. The van der Waals surface area contributed by atoms with Gasteiger partial charge in [-0.3, -0.25) is 10.2 Å². The number of hydrogen-bond acceptors (Lipinski definition) is 5. The molecule has 0 unspecified atom stereocenters. The zero-order valence-corrected chi connectivity index (χ0v) is 6.96. The molecular weight excluding hydrogens is 160 g/mol. The van der Waals surface area contributed by atoms with Gasteiger partial charge in [0.2, 0.25) is 0 Å². The van der Waals surface area contributed by atoms with Crippen molar-refractivity contribution in [3.63, 3.8) is 0 Å². The summed E-state index contributed by atoms with van der Waals surface area (Å²) in [5, 5.41) is 3.70. The van der Waals surface area contributed by atoms with Crippen LogP contribution in [0, 0.1) is 0 Å². The van der Waals surface area contributed by atoms with Crippen molar-refractivity contribution < 1.29 is 14.3 Å². The molecular formula is C7H10N2O3. The second kappa shape index (κ2) is 3.34. The number of nitrogens with zero attached hydrogens (tertiary/aromatic N) is 1. The second-order valence-electron chi connectivity index (χ2n) is 2.52. The van der Waals surface area contributed by atoms with Gasteiger partial charge in [0.1, 0.15) is 11.8 Å². The lowest BCUT2D eigenvalue weighted by Gasteiger charge is -2.04. The van der Waals surface area contributed by atoms with Crippen LogP contribution in [0.3, 0.4) is 0 Å². The van der Waals surface area contributed by atoms with E-state index in [1.165, 1.54) is 14.0 Å². The highest BCUT2D eigenvalue weighted by atomic mass is 16.5. The molecule has 1 aliphatic rings. The third kappa shape index (κ3) is 1.61. The minimum Gasteiger partial charge on any atom is -0.467 e. The van der Waals surface area contributed by atoms with E-state index in [4.69, 9.17) is 0 Å². The predicted octanol–water partition coefficient (Wildman–Crippen LogP) is -0.534. The van der Waals surface area contributed by atoms with Crippen LogP contribution in [0.4, 0.5) is 0 Å². The van der Waals surface area contributed by atoms with Crippen molar-refractivity contribution in [2.75, 3.05) is 7.11 Å². The number of hydrazone groups is 1. The van der Waals surface area contributed by atoms with Crippen LogP contribution >= 0.6 is 0 Å². The Balaban J connectivity index is 2.52. The lowest BCUT2D eigenvalue weighted by atomic mass is 10.1. The maximum atomic E-state index is 10.9. The minimum absolute atomic E-state index is 0.117. The molecule has 1 heterocycles. The smallest absolute Gasteiger partial charge is 0.330 e. The van der Waals surface area contributed by atoms with Gasteiger partial charge < -0.3 is 4.74 Å². The summed E-state index contributed by atoms with van der Waals surface area (Å²) in [6.07, 6.45) is 0.321. The van der Waals surface area contributed by atoms with Crippen molar-refractivity contribution in [1.82, 2.24) is 5.43 Å². The summed E-state index contributed by atoms with van der Waals surface area (Å²) in [7, 11) is 1.30. The zero-order valence-electron chi connectivity index (χ0n) is 6.96. The molecule has 0 amide bonds. The third-order valence-corrected chi connectivity index (χ3v) is 1.64. The maximum Gasteiger partial charge on any atom is 0.330 e. The van der Waals surface area contributed by atoms with E-state index in [9.17, 15) is 9.59 Å². The van der Waals surface area contributed by atoms with E-state index in [1.54, 1.807) is 0 Å². The average Bonchev–Trinajstić information content (AvgIpc) is 2.51. The van der Waals surface area contributed by atoms with Crippen molar-refractivity contribution in [3.05, 3.63) is 0 Å². The molecule has 5 heteroatoms. The number of hydrogen-bond donors (Lipinski definition) is 1. The van der Waals surface area contributed by atoms with Gasteiger partial charge in [-0.15, -0.1) is 0 Å². The lowest BCUT2D eigenvalue weighted by molar-refractivity contribution is -0.142. The van der Waals surface area contributed by atoms with E-state index in [-0.39, 0.29) is 5.78 Å². The molecule has 1 aliphatic heterocycles. The Morgan fingerprint density at radius 2 is 2.33 bits per heavy atom. The number of carbonyl (C=O) groups excluding carboxylic acids is 2. The number of rotatable bonds is 2. The molecule has 0 radical (unpaired) electrons. The first kappa shape index (κ1) is 8.70. The maximum absolute atomic E-state index is 10.9. The SMILES string of the molecule is COC(=O)[C@H]1CC(C(C)=O)=NN1. The molecule has 0 bridgehead atoms. The molecule has 0 aromatic heterocycles. The van der Waals surface area contributed by atoms with Crippen LogP contribution < -0.4 is 5.43 Å².